The Kier molecular flexibility index (Phi) is 3.05. The number of nitrogens with zero attached hydrogens (tertiary/aromatic N) is 1. The van der Waals surface area contributed by atoms with E-state index in [2.05, 4.69) is 5.32 Å². The van der Waals surface area contributed by atoms with Crippen LogP contribution in [-0.2, 0) is 15.1 Å². The lowest BCUT2D eigenvalue weighted by Gasteiger charge is -2.24. The van der Waals surface area contributed by atoms with Gasteiger partial charge in [0.1, 0.15) is 5.76 Å². The van der Waals surface area contributed by atoms with Gasteiger partial charge in [-0.25, -0.2) is 9.59 Å². The molecule has 8 heteroatoms. The average molecular weight is 282 g/mol. The first-order chi connectivity index (χ1) is 9.18. The number of furan rings is 1. The van der Waals surface area contributed by atoms with Gasteiger partial charge in [0.15, 0.2) is 11.1 Å². The van der Waals surface area contributed by atoms with Crippen molar-refractivity contribution in [3.05, 3.63) is 24.2 Å². The average Bonchev–Trinajstić information content (AvgIpc) is 2.94. The molecule has 108 valence electrons. The molecule has 2 rings (SSSR count). The highest BCUT2D eigenvalue weighted by Gasteiger charge is 2.53. The number of rotatable bonds is 4. The minimum atomic E-state index is -2.22. The standard InChI is InChI=1S/C12H14N2O6/c1-11(19,9(16)17)6-14-8(15)12(2,13-10(14)18)7-4-3-5-20-7/h3-5,19H,6H2,1-2H3,(H,13,18)(H,16,17). The topological polar surface area (TPSA) is 120 Å². The SMILES string of the molecule is CC(O)(CN1C(=O)NC(C)(c2ccco2)C1=O)C(=O)O. The van der Waals surface area contributed by atoms with Crippen molar-refractivity contribution in [3.8, 4) is 0 Å². The van der Waals surface area contributed by atoms with E-state index in [1.807, 2.05) is 0 Å². The summed E-state index contributed by atoms with van der Waals surface area (Å²) in [5.41, 5.74) is -3.63. The second-order valence-electron chi connectivity index (χ2n) is 5.00. The van der Waals surface area contributed by atoms with Crippen LogP contribution >= 0.6 is 0 Å². The lowest BCUT2D eigenvalue weighted by atomic mass is 9.98. The van der Waals surface area contributed by atoms with Gasteiger partial charge in [-0.05, 0) is 26.0 Å². The van der Waals surface area contributed by atoms with Crippen LogP contribution in [0.2, 0.25) is 0 Å². The molecule has 1 aliphatic rings. The first-order valence-electron chi connectivity index (χ1n) is 5.82. The molecule has 3 N–H and O–H groups in total. The van der Waals surface area contributed by atoms with Crippen LogP contribution in [-0.4, -0.2) is 45.2 Å². The number of hydrogen-bond acceptors (Lipinski definition) is 5. The number of amides is 3. The summed E-state index contributed by atoms with van der Waals surface area (Å²) in [6.07, 6.45) is 1.36. The van der Waals surface area contributed by atoms with Gasteiger partial charge in [-0.1, -0.05) is 0 Å². The van der Waals surface area contributed by atoms with Crippen LogP contribution in [0, 0.1) is 0 Å². The number of carbonyl (C=O) groups excluding carboxylic acids is 2. The summed E-state index contributed by atoms with van der Waals surface area (Å²) in [6, 6.07) is 2.31. The zero-order chi connectivity index (χ0) is 15.1. The van der Waals surface area contributed by atoms with Crippen molar-refractivity contribution in [2.45, 2.75) is 25.0 Å². The van der Waals surface area contributed by atoms with Crippen molar-refractivity contribution in [1.82, 2.24) is 10.2 Å². The number of hydrogen-bond donors (Lipinski definition) is 3. The molecular formula is C12H14N2O6. The van der Waals surface area contributed by atoms with Crippen molar-refractivity contribution in [2.75, 3.05) is 6.54 Å². The van der Waals surface area contributed by atoms with Crippen molar-refractivity contribution in [2.24, 2.45) is 0 Å². The number of carbonyl (C=O) groups is 3. The number of carboxylic acids is 1. The Labute approximate surface area is 114 Å². The summed E-state index contributed by atoms with van der Waals surface area (Å²) in [4.78, 5) is 35.7. The Hall–Kier alpha value is -2.35. The maximum atomic E-state index is 12.3. The summed E-state index contributed by atoms with van der Waals surface area (Å²) in [5.74, 6) is -1.98. The van der Waals surface area contributed by atoms with Gasteiger partial charge in [-0.3, -0.25) is 9.69 Å². The zero-order valence-electron chi connectivity index (χ0n) is 10.9. The largest absolute Gasteiger partial charge is 0.479 e. The normalized spacial score (nSPS) is 25.4. The van der Waals surface area contributed by atoms with Crippen LogP contribution in [0.15, 0.2) is 22.8 Å². The first kappa shape index (κ1) is 14.1. The molecule has 2 heterocycles. The quantitative estimate of drug-likeness (QED) is 0.662. The third kappa shape index (κ3) is 2.03. The van der Waals surface area contributed by atoms with E-state index in [1.165, 1.54) is 19.3 Å². The number of urea groups is 1. The maximum absolute atomic E-state index is 12.3. The fourth-order valence-electron chi connectivity index (χ4n) is 1.95. The van der Waals surface area contributed by atoms with Crippen LogP contribution < -0.4 is 5.32 Å². The van der Waals surface area contributed by atoms with Crippen LogP contribution in [0.25, 0.3) is 0 Å². The molecule has 1 aromatic rings. The fraction of sp³-hybridized carbons (Fsp3) is 0.417. The Morgan fingerprint density at radius 3 is 2.70 bits per heavy atom. The molecule has 0 aromatic carbocycles. The Balaban J connectivity index is 2.29. The second kappa shape index (κ2) is 4.34. The monoisotopic (exact) mass is 282 g/mol. The van der Waals surface area contributed by atoms with Gasteiger partial charge in [0.05, 0.1) is 12.8 Å². The molecule has 20 heavy (non-hydrogen) atoms. The Bertz CT molecular complexity index is 565. The van der Waals surface area contributed by atoms with E-state index >= 15 is 0 Å². The van der Waals surface area contributed by atoms with Gasteiger partial charge in [-0.15, -0.1) is 0 Å². The number of aliphatic hydroxyl groups is 1. The summed E-state index contributed by atoms with van der Waals surface area (Å²) in [6.45, 7) is 1.81. The van der Waals surface area contributed by atoms with Gasteiger partial charge in [-0.2, -0.15) is 0 Å². The first-order valence-corrected chi connectivity index (χ1v) is 5.82. The predicted octanol–water partition coefficient (Wildman–Crippen LogP) is -0.118. The van der Waals surface area contributed by atoms with E-state index in [0.717, 1.165) is 6.92 Å². The summed E-state index contributed by atoms with van der Waals surface area (Å²) in [5, 5.41) is 21.0. The summed E-state index contributed by atoms with van der Waals surface area (Å²) >= 11 is 0. The second-order valence-corrected chi connectivity index (χ2v) is 5.00. The molecule has 1 saturated heterocycles. The molecule has 1 aromatic heterocycles. The van der Waals surface area contributed by atoms with Crippen LogP contribution in [0.1, 0.15) is 19.6 Å². The molecule has 3 amide bonds. The van der Waals surface area contributed by atoms with Gasteiger partial charge >= 0.3 is 12.0 Å². The maximum Gasteiger partial charge on any atom is 0.337 e. The third-order valence-corrected chi connectivity index (χ3v) is 3.22. The number of carboxylic acid groups (broad SMARTS) is 1. The molecule has 0 aliphatic carbocycles. The summed E-state index contributed by atoms with van der Waals surface area (Å²) in [7, 11) is 0. The van der Waals surface area contributed by atoms with Gasteiger partial charge in [0.2, 0.25) is 0 Å². The lowest BCUT2D eigenvalue weighted by molar-refractivity contribution is -0.158. The zero-order valence-corrected chi connectivity index (χ0v) is 10.9. The Morgan fingerprint density at radius 2 is 2.20 bits per heavy atom. The van der Waals surface area contributed by atoms with Gasteiger partial charge in [0, 0.05) is 0 Å². The van der Waals surface area contributed by atoms with Gasteiger partial charge in [0.25, 0.3) is 5.91 Å². The van der Waals surface area contributed by atoms with Crippen molar-refractivity contribution in [3.63, 3.8) is 0 Å². The molecular weight excluding hydrogens is 268 g/mol. The minimum absolute atomic E-state index is 0.230. The van der Waals surface area contributed by atoms with E-state index < -0.39 is 35.6 Å². The van der Waals surface area contributed by atoms with E-state index in [9.17, 15) is 19.5 Å². The van der Waals surface area contributed by atoms with E-state index in [1.54, 1.807) is 6.07 Å². The van der Waals surface area contributed by atoms with Crippen molar-refractivity contribution < 1.29 is 29.0 Å². The predicted molar refractivity (Wildman–Crippen MR) is 64.6 cm³/mol. The van der Waals surface area contributed by atoms with E-state index in [4.69, 9.17) is 9.52 Å². The highest BCUT2D eigenvalue weighted by atomic mass is 16.4. The van der Waals surface area contributed by atoms with Gasteiger partial charge < -0.3 is 19.9 Å². The highest BCUT2D eigenvalue weighted by Crippen LogP contribution is 2.29. The van der Waals surface area contributed by atoms with E-state index in [0.29, 0.717) is 4.90 Å². The molecule has 2 unspecified atom stereocenters. The van der Waals surface area contributed by atoms with Crippen molar-refractivity contribution in [1.29, 1.82) is 0 Å². The minimum Gasteiger partial charge on any atom is -0.479 e. The molecule has 2 atom stereocenters. The lowest BCUT2D eigenvalue weighted by Crippen LogP contribution is -2.49. The number of aliphatic carboxylic acids is 1. The molecule has 0 saturated carbocycles. The summed E-state index contributed by atoms with van der Waals surface area (Å²) < 4.78 is 5.12. The van der Waals surface area contributed by atoms with Crippen LogP contribution in [0.3, 0.4) is 0 Å². The van der Waals surface area contributed by atoms with Crippen molar-refractivity contribution >= 4 is 17.9 Å². The highest BCUT2D eigenvalue weighted by molar-refractivity contribution is 6.07. The molecule has 8 nitrogen and oxygen atoms in total. The smallest absolute Gasteiger partial charge is 0.337 e. The molecule has 0 spiro atoms. The van der Waals surface area contributed by atoms with E-state index in [-0.39, 0.29) is 5.76 Å². The molecule has 1 fully saturated rings. The third-order valence-electron chi connectivity index (χ3n) is 3.22. The number of nitrogens with one attached hydrogen (secondary N) is 1. The molecule has 0 radical (unpaired) electrons. The molecule has 0 bridgehead atoms. The number of imide groups is 1. The van der Waals surface area contributed by atoms with Crippen LogP contribution in [0.5, 0.6) is 0 Å². The number of β-amino-alcohol motifs (C(OH)–C–C–N with tert-alkyl or cyclic N) is 1. The fourth-order valence-corrected chi connectivity index (χ4v) is 1.95. The molecule has 1 aliphatic heterocycles. The van der Waals surface area contributed by atoms with Crippen LogP contribution in [0.4, 0.5) is 4.79 Å². The Morgan fingerprint density at radius 1 is 1.55 bits per heavy atom.